The van der Waals surface area contributed by atoms with Crippen LogP contribution in [0.3, 0.4) is 0 Å². The Labute approximate surface area is 162 Å². The van der Waals surface area contributed by atoms with E-state index in [4.69, 9.17) is 4.74 Å². The number of likely N-dealkylation sites (tertiary alicyclic amines) is 1. The second-order valence-electron chi connectivity index (χ2n) is 7.72. The monoisotopic (exact) mass is 394 g/mol. The van der Waals surface area contributed by atoms with Crippen molar-refractivity contribution in [3.8, 4) is 0 Å². The van der Waals surface area contributed by atoms with Crippen LogP contribution in [0, 0.1) is 5.92 Å². The van der Waals surface area contributed by atoms with Crippen LogP contribution < -0.4 is 5.32 Å². The lowest BCUT2D eigenvalue weighted by Gasteiger charge is -2.35. The van der Waals surface area contributed by atoms with Crippen LogP contribution in [0.5, 0.6) is 0 Å². The van der Waals surface area contributed by atoms with Crippen LogP contribution >= 0.6 is 0 Å². The van der Waals surface area contributed by atoms with Gasteiger partial charge in [-0.25, -0.2) is 8.42 Å². The number of aryl methyl sites for hydroxylation is 1. The van der Waals surface area contributed by atoms with E-state index in [-0.39, 0.29) is 5.91 Å². The van der Waals surface area contributed by atoms with E-state index >= 15 is 0 Å². The van der Waals surface area contributed by atoms with Gasteiger partial charge in [0, 0.05) is 31.9 Å². The van der Waals surface area contributed by atoms with E-state index in [0.29, 0.717) is 29.7 Å². The summed E-state index contributed by atoms with van der Waals surface area (Å²) in [6.45, 7) is 4.70. The Kier molecular flexibility index (Phi) is 6.89. The molecule has 2 saturated heterocycles. The average Bonchev–Trinajstić information content (AvgIpc) is 3.19. The van der Waals surface area contributed by atoms with Crippen molar-refractivity contribution in [2.45, 2.75) is 43.0 Å². The molecule has 0 unspecified atom stereocenters. The van der Waals surface area contributed by atoms with Crippen molar-refractivity contribution < 1.29 is 17.9 Å². The van der Waals surface area contributed by atoms with Crippen LogP contribution in [0.25, 0.3) is 0 Å². The number of rotatable bonds is 7. The predicted octanol–water partition coefficient (Wildman–Crippen LogP) is 1.64. The van der Waals surface area contributed by atoms with Gasteiger partial charge in [0.05, 0.1) is 11.5 Å². The van der Waals surface area contributed by atoms with Gasteiger partial charge in [0.15, 0.2) is 9.84 Å². The van der Waals surface area contributed by atoms with Crippen molar-refractivity contribution >= 4 is 15.7 Å². The number of amides is 1. The minimum Gasteiger partial charge on any atom is -0.380 e. The van der Waals surface area contributed by atoms with Gasteiger partial charge in [-0.1, -0.05) is 12.1 Å². The summed E-state index contributed by atoms with van der Waals surface area (Å²) < 4.78 is 28.4. The standard InChI is InChI=1S/C20H30N2O4S/c1-27(24,25)19-5-2-16(3-6-19)4-7-20(23)21-14-17-8-11-22(12-9-17)18-10-13-26-15-18/h2-3,5-6,17-18H,4,7-15H2,1H3,(H,21,23)/t18-/m0/s1. The smallest absolute Gasteiger partial charge is 0.220 e. The number of hydrogen-bond acceptors (Lipinski definition) is 5. The number of hydrogen-bond donors (Lipinski definition) is 1. The van der Waals surface area contributed by atoms with Crippen LogP contribution in [0.2, 0.25) is 0 Å². The number of nitrogens with zero attached hydrogens (tertiary/aromatic N) is 1. The normalized spacial score (nSPS) is 22.0. The Morgan fingerprint density at radius 2 is 1.89 bits per heavy atom. The van der Waals surface area contributed by atoms with Gasteiger partial charge in [0.1, 0.15) is 0 Å². The fourth-order valence-corrected chi connectivity index (χ4v) is 4.47. The quantitative estimate of drug-likeness (QED) is 0.761. The summed E-state index contributed by atoms with van der Waals surface area (Å²) in [6, 6.07) is 7.37. The number of ether oxygens (including phenoxy) is 1. The maximum Gasteiger partial charge on any atom is 0.220 e. The Morgan fingerprint density at radius 3 is 2.48 bits per heavy atom. The molecule has 0 aromatic heterocycles. The SMILES string of the molecule is CS(=O)(=O)c1ccc(CCC(=O)NCC2CCN([C@H]3CCOC3)CC2)cc1. The molecule has 0 aliphatic carbocycles. The maximum absolute atomic E-state index is 12.1. The van der Waals surface area contributed by atoms with Crippen LogP contribution in [-0.4, -0.2) is 64.4 Å². The van der Waals surface area contributed by atoms with Crippen LogP contribution in [0.1, 0.15) is 31.2 Å². The Hall–Kier alpha value is -1.44. The van der Waals surface area contributed by atoms with Gasteiger partial charge in [0.2, 0.25) is 5.91 Å². The van der Waals surface area contributed by atoms with Gasteiger partial charge >= 0.3 is 0 Å². The molecule has 1 aromatic rings. The molecule has 7 heteroatoms. The van der Waals surface area contributed by atoms with Gasteiger partial charge in [0.25, 0.3) is 0 Å². The zero-order valence-electron chi connectivity index (χ0n) is 16.0. The molecule has 2 heterocycles. The van der Waals surface area contributed by atoms with E-state index in [1.165, 1.54) is 6.26 Å². The third kappa shape index (κ3) is 6.02. The van der Waals surface area contributed by atoms with Crippen molar-refractivity contribution in [1.82, 2.24) is 10.2 Å². The molecule has 2 aliphatic rings. The van der Waals surface area contributed by atoms with E-state index < -0.39 is 9.84 Å². The number of carbonyl (C=O) groups is 1. The lowest BCUT2D eigenvalue weighted by Crippen LogP contribution is -2.44. The highest BCUT2D eigenvalue weighted by atomic mass is 32.2. The molecule has 2 fully saturated rings. The zero-order chi connectivity index (χ0) is 19.3. The van der Waals surface area contributed by atoms with Crippen molar-refractivity contribution in [3.63, 3.8) is 0 Å². The topological polar surface area (TPSA) is 75.7 Å². The average molecular weight is 395 g/mol. The molecule has 2 aliphatic heterocycles. The van der Waals surface area contributed by atoms with Gasteiger partial charge in [-0.15, -0.1) is 0 Å². The molecule has 27 heavy (non-hydrogen) atoms. The first-order valence-corrected chi connectivity index (χ1v) is 11.7. The summed E-state index contributed by atoms with van der Waals surface area (Å²) in [4.78, 5) is 15.0. The zero-order valence-corrected chi connectivity index (χ0v) is 16.8. The Bertz CT molecular complexity index is 719. The lowest BCUT2D eigenvalue weighted by atomic mass is 9.95. The van der Waals surface area contributed by atoms with E-state index in [0.717, 1.165) is 57.7 Å². The summed E-state index contributed by atoms with van der Waals surface area (Å²) in [5.41, 5.74) is 0.977. The lowest BCUT2D eigenvalue weighted by molar-refractivity contribution is -0.121. The van der Waals surface area contributed by atoms with Crippen LogP contribution in [0.15, 0.2) is 29.2 Å². The van der Waals surface area contributed by atoms with Gasteiger partial charge in [-0.05, 0) is 62.4 Å². The van der Waals surface area contributed by atoms with Crippen LogP contribution in [0.4, 0.5) is 0 Å². The molecule has 0 bridgehead atoms. The summed E-state index contributed by atoms with van der Waals surface area (Å²) in [6.07, 6.45) is 5.65. The molecule has 1 aromatic carbocycles. The second kappa shape index (κ2) is 9.17. The maximum atomic E-state index is 12.1. The number of benzene rings is 1. The minimum atomic E-state index is -3.17. The number of nitrogens with one attached hydrogen (secondary N) is 1. The molecule has 0 spiro atoms. The molecule has 1 N–H and O–H groups in total. The molecule has 1 amide bonds. The van der Waals surface area contributed by atoms with Gasteiger partial charge in [-0.2, -0.15) is 0 Å². The molecule has 1 atom stereocenters. The third-order valence-electron chi connectivity index (χ3n) is 5.65. The van der Waals surface area contributed by atoms with Gasteiger partial charge in [-0.3, -0.25) is 9.69 Å². The number of carbonyl (C=O) groups excluding carboxylic acids is 1. The first-order valence-electron chi connectivity index (χ1n) is 9.79. The molecular formula is C20H30N2O4S. The molecule has 150 valence electrons. The van der Waals surface area contributed by atoms with E-state index in [1.807, 2.05) is 0 Å². The van der Waals surface area contributed by atoms with Gasteiger partial charge < -0.3 is 10.1 Å². The molecule has 6 nitrogen and oxygen atoms in total. The molecular weight excluding hydrogens is 364 g/mol. The van der Waals surface area contributed by atoms with Crippen molar-refractivity contribution in [3.05, 3.63) is 29.8 Å². The predicted molar refractivity (Wildman–Crippen MR) is 104 cm³/mol. The summed E-state index contributed by atoms with van der Waals surface area (Å²) in [7, 11) is -3.17. The molecule has 0 saturated carbocycles. The fraction of sp³-hybridized carbons (Fsp3) is 0.650. The summed E-state index contributed by atoms with van der Waals surface area (Å²) in [5.74, 6) is 0.621. The highest BCUT2D eigenvalue weighted by molar-refractivity contribution is 7.90. The summed E-state index contributed by atoms with van der Waals surface area (Å²) in [5, 5.41) is 3.06. The van der Waals surface area contributed by atoms with E-state index in [2.05, 4.69) is 10.2 Å². The highest BCUT2D eigenvalue weighted by Crippen LogP contribution is 2.22. The van der Waals surface area contributed by atoms with Crippen molar-refractivity contribution in [1.29, 1.82) is 0 Å². The van der Waals surface area contributed by atoms with Crippen LogP contribution in [-0.2, 0) is 25.8 Å². The first-order chi connectivity index (χ1) is 12.9. The van der Waals surface area contributed by atoms with E-state index in [1.54, 1.807) is 24.3 Å². The summed E-state index contributed by atoms with van der Waals surface area (Å²) >= 11 is 0. The van der Waals surface area contributed by atoms with Crippen molar-refractivity contribution in [2.75, 3.05) is 39.1 Å². The number of piperidine rings is 1. The largest absolute Gasteiger partial charge is 0.380 e. The first kappa shape index (κ1) is 20.3. The minimum absolute atomic E-state index is 0.0637. The van der Waals surface area contributed by atoms with Crippen molar-refractivity contribution in [2.24, 2.45) is 5.92 Å². The highest BCUT2D eigenvalue weighted by Gasteiger charge is 2.27. The third-order valence-corrected chi connectivity index (χ3v) is 6.78. The van der Waals surface area contributed by atoms with E-state index in [9.17, 15) is 13.2 Å². The molecule has 0 radical (unpaired) electrons. The number of sulfone groups is 1. The second-order valence-corrected chi connectivity index (χ2v) is 9.73. The fourth-order valence-electron chi connectivity index (χ4n) is 3.84. The Balaban J connectivity index is 1.34. The molecule has 3 rings (SSSR count). The Morgan fingerprint density at radius 1 is 1.19 bits per heavy atom.